The standard InChI is InChI=1S/C19H21ClN3O3S2/c1-19(2,25)17-21-9-14(27-17)28(26)23-18(24)22-16-12-7-3-5-10(12)15(20)11-6-4-8-13(11)16/h9,25H,3-8H2,1-2H3,(H,22,24)/q-1. The molecule has 2 aliphatic rings. The number of thiazole rings is 1. The summed E-state index contributed by atoms with van der Waals surface area (Å²) >= 11 is 7.69. The molecule has 0 saturated heterocycles. The highest BCUT2D eigenvalue weighted by Crippen LogP contribution is 2.44. The number of hydrogen-bond acceptors (Lipinski definition) is 6. The quantitative estimate of drug-likeness (QED) is 0.677. The largest absolute Gasteiger partial charge is 0.439 e. The summed E-state index contributed by atoms with van der Waals surface area (Å²) in [5, 5.41) is 14.2. The molecule has 0 bridgehead atoms. The minimum absolute atomic E-state index is 0.332. The molecule has 150 valence electrons. The molecular weight excluding hydrogens is 418 g/mol. The van der Waals surface area contributed by atoms with E-state index in [1.807, 2.05) is 0 Å². The summed E-state index contributed by atoms with van der Waals surface area (Å²) < 4.78 is 16.6. The van der Waals surface area contributed by atoms with Crippen molar-refractivity contribution in [2.24, 2.45) is 4.36 Å². The van der Waals surface area contributed by atoms with Crippen LogP contribution in [0.15, 0.2) is 14.8 Å². The van der Waals surface area contributed by atoms with Crippen LogP contribution in [0.5, 0.6) is 0 Å². The molecule has 2 N–H and O–H groups in total. The van der Waals surface area contributed by atoms with E-state index in [-0.39, 0.29) is 0 Å². The second-order valence-corrected chi connectivity index (χ2v) is 10.4. The summed E-state index contributed by atoms with van der Waals surface area (Å²) in [5.41, 5.74) is 4.16. The molecule has 1 heterocycles. The number of nitrogens with zero attached hydrogens (tertiary/aromatic N) is 2. The molecule has 2 aromatic rings. The first kappa shape index (κ1) is 19.8. The molecule has 2 aliphatic carbocycles. The van der Waals surface area contributed by atoms with Gasteiger partial charge in [0.2, 0.25) is 0 Å². The summed E-state index contributed by atoms with van der Waals surface area (Å²) in [5.74, 6) is 0. The van der Waals surface area contributed by atoms with Crippen molar-refractivity contribution in [2.45, 2.75) is 62.2 Å². The molecule has 0 fully saturated rings. The van der Waals surface area contributed by atoms with E-state index >= 15 is 0 Å². The molecular formula is C19H21ClN3O3S2-. The highest BCUT2D eigenvalue weighted by molar-refractivity contribution is 7.78. The Balaban J connectivity index is 1.62. The van der Waals surface area contributed by atoms with Gasteiger partial charge in [0.1, 0.15) is 10.6 Å². The number of carbonyl (C=O) groups excluding carboxylic acids is 1. The van der Waals surface area contributed by atoms with Crippen molar-refractivity contribution in [3.63, 3.8) is 0 Å². The van der Waals surface area contributed by atoms with Gasteiger partial charge in [0, 0.05) is 16.9 Å². The van der Waals surface area contributed by atoms with Gasteiger partial charge < -0.3 is 19.0 Å². The van der Waals surface area contributed by atoms with Crippen molar-refractivity contribution in [2.75, 3.05) is 5.32 Å². The van der Waals surface area contributed by atoms with Crippen molar-refractivity contribution in [3.8, 4) is 0 Å². The molecule has 1 aromatic carbocycles. The Morgan fingerprint density at radius 3 is 2.32 bits per heavy atom. The van der Waals surface area contributed by atoms with Crippen molar-refractivity contribution in [3.05, 3.63) is 38.5 Å². The van der Waals surface area contributed by atoms with E-state index in [1.54, 1.807) is 13.8 Å². The maximum atomic E-state index is 12.5. The molecule has 28 heavy (non-hydrogen) atoms. The first-order valence-electron chi connectivity index (χ1n) is 9.24. The molecule has 9 heteroatoms. The molecule has 0 unspecified atom stereocenters. The number of fused-ring (bicyclic) bond motifs is 2. The summed E-state index contributed by atoms with van der Waals surface area (Å²) in [6.45, 7) is 3.20. The van der Waals surface area contributed by atoms with Gasteiger partial charge in [-0.1, -0.05) is 11.6 Å². The summed E-state index contributed by atoms with van der Waals surface area (Å²) in [6.07, 6.45) is 7.04. The first-order valence-corrected chi connectivity index (χ1v) is 11.5. The van der Waals surface area contributed by atoms with Gasteiger partial charge in [-0.25, -0.2) is 9.78 Å². The fourth-order valence-corrected chi connectivity index (χ4v) is 6.04. The van der Waals surface area contributed by atoms with Gasteiger partial charge in [0.25, 0.3) is 0 Å². The van der Waals surface area contributed by atoms with Crippen molar-refractivity contribution >= 4 is 45.3 Å². The lowest BCUT2D eigenvalue weighted by Crippen LogP contribution is -2.14. The van der Waals surface area contributed by atoms with Crippen molar-refractivity contribution in [1.29, 1.82) is 0 Å². The molecule has 0 saturated carbocycles. The third-order valence-electron chi connectivity index (χ3n) is 5.15. The van der Waals surface area contributed by atoms with Crippen LogP contribution in [-0.4, -0.2) is 16.1 Å². The lowest BCUT2D eigenvalue weighted by Gasteiger charge is -2.17. The number of aromatic nitrogens is 1. The Kier molecular flexibility index (Phi) is 5.24. The molecule has 1 aromatic heterocycles. The maximum absolute atomic E-state index is 12.5. The van der Waals surface area contributed by atoms with Crippen LogP contribution in [0, 0.1) is 0 Å². The molecule has 0 radical (unpaired) electrons. The SMILES string of the molecule is CC(C)(O)c1ncc([S-](=O)=NC(=O)Nc2c3c(c(Cl)c4c2CCC4)CCC3)s1. The number of halogens is 1. The number of benzene rings is 1. The fraction of sp³-hybridized carbons (Fsp3) is 0.474. The molecule has 4 rings (SSSR count). The van der Waals surface area contributed by atoms with Gasteiger partial charge in [-0.05, 0) is 78.8 Å². The minimum Gasteiger partial charge on any atom is -0.439 e. The zero-order valence-corrected chi connectivity index (χ0v) is 18.1. The van der Waals surface area contributed by atoms with Crippen LogP contribution < -0.4 is 5.32 Å². The predicted octanol–water partition coefficient (Wildman–Crippen LogP) is 4.74. The fourth-order valence-electron chi connectivity index (χ4n) is 3.91. The van der Waals surface area contributed by atoms with Crippen molar-refractivity contribution in [1.82, 2.24) is 4.98 Å². The lowest BCUT2D eigenvalue weighted by atomic mass is 9.98. The Bertz CT molecular complexity index is 1010. The first-order chi connectivity index (χ1) is 13.3. The lowest BCUT2D eigenvalue weighted by molar-refractivity contribution is 0.0783. The van der Waals surface area contributed by atoms with Crippen LogP contribution in [0.2, 0.25) is 5.02 Å². The van der Waals surface area contributed by atoms with Gasteiger partial charge in [-0.2, -0.15) is 0 Å². The average molecular weight is 439 g/mol. The smallest absolute Gasteiger partial charge is 0.322 e. The van der Waals surface area contributed by atoms with Gasteiger partial charge in [0.05, 0.1) is 0 Å². The van der Waals surface area contributed by atoms with E-state index in [1.165, 1.54) is 6.20 Å². The van der Waals surface area contributed by atoms with Gasteiger partial charge >= 0.3 is 6.03 Å². The third kappa shape index (κ3) is 3.58. The van der Waals surface area contributed by atoms with Gasteiger partial charge in [-0.15, -0.1) is 21.9 Å². The number of hydrogen-bond donors (Lipinski definition) is 2. The maximum Gasteiger partial charge on any atom is 0.322 e. The molecule has 2 amide bonds. The van der Waals surface area contributed by atoms with E-state index in [0.29, 0.717) is 9.22 Å². The van der Waals surface area contributed by atoms with E-state index in [0.717, 1.165) is 82.8 Å². The summed E-state index contributed by atoms with van der Waals surface area (Å²) in [7, 11) is -1.87. The Morgan fingerprint density at radius 2 is 1.79 bits per heavy atom. The zero-order valence-electron chi connectivity index (χ0n) is 15.7. The van der Waals surface area contributed by atoms with Gasteiger partial charge in [-0.3, -0.25) is 0 Å². The van der Waals surface area contributed by atoms with Crippen LogP contribution in [0.3, 0.4) is 0 Å². The number of aliphatic hydroxyl groups is 1. The number of amides is 2. The van der Waals surface area contributed by atoms with E-state index < -0.39 is 22.2 Å². The number of carbonyl (C=O) groups is 1. The highest BCUT2D eigenvalue weighted by Gasteiger charge is 2.28. The molecule has 0 aliphatic heterocycles. The number of anilines is 1. The number of nitrogens with one attached hydrogen (secondary N) is 1. The number of rotatable bonds is 3. The van der Waals surface area contributed by atoms with Crippen LogP contribution in [0.1, 0.15) is 54.0 Å². The second-order valence-electron chi connectivity index (χ2n) is 7.62. The van der Waals surface area contributed by atoms with E-state index in [2.05, 4.69) is 14.7 Å². The normalized spacial score (nSPS) is 16.9. The van der Waals surface area contributed by atoms with Crippen molar-refractivity contribution < 1.29 is 14.1 Å². The second kappa shape index (κ2) is 7.40. The topological polar surface area (TPSA) is 91.7 Å². The number of urea groups is 1. The monoisotopic (exact) mass is 438 g/mol. The van der Waals surface area contributed by atoms with E-state index in [4.69, 9.17) is 11.6 Å². The van der Waals surface area contributed by atoms with Crippen LogP contribution in [0.4, 0.5) is 10.5 Å². The zero-order chi connectivity index (χ0) is 20.1. The minimum atomic E-state index is -1.87. The van der Waals surface area contributed by atoms with Gasteiger partial charge in [0.15, 0.2) is 0 Å². The Hall–Kier alpha value is -1.48. The summed E-state index contributed by atoms with van der Waals surface area (Å²) in [6, 6.07) is -0.637. The van der Waals surface area contributed by atoms with E-state index in [9.17, 15) is 14.1 Å². The Labute approximate surface area is 174 Å². The Morgan fingerprint density at radius 1 is 1.21 bits per heavy atom. The molecule has 0 atom stereocenters. The molecule has 6 nitrogen and oxygen atoms in total. The van der Waals surface area contributed by atoms with Crippen LogP contribution in [0.25, 0.3) is 0 Å². The summed E-state index contributed by atoms with van der Waals surface area (Å²) in [4.78, 5) is 16.6. The average Bonchev–Trinajstić information content (AvgIpc) is 3.38. The van der Waals surface area contributed by atoms with Crippen LogP contribution in [-0.2, 0) is 46.1 Å². The molecule has 0 spiro atoms. The third-order valence-corrected chi connectivity index (χ3v) is 8.17. The highest BCUT2D eigenvalue weighted by atomic mass is 35.5. The predicted molar refractivity (Wildman–Crippen MR) is 111 cm³/mol. The van der Waals surface area contributed by atoms with Crippen LogP contribution >= 0.6 is 22.9 Å².